The highest BCUT2D eigenvalue weighted by atomic mass is 19.4. The maximum atomic E-state index is 13.3. The highest BCUT2D eigenvalue weighted by Gasteiger charge is 2.33. The molecule has 0 aliphatic rings. The molecule has 0 heterocycles. The molecule has 1 aromatic carbocycles. The minimum atomic E-state index is -4.72. The molecular weight excluding hydrogens is 278 g/mol. The van der Waals surface area contributed by atoms with Gasteiger partial charge in [-0.3, -0.25) is 4.79 Å². The Morgan fingerprint density at radius 1 is 1.30 bits per heavy atom. The van der Waals surface area contributed by atoms with Crippen molar-refractivity contribution in [1.29, 1.82) is 0 Å². The van der Waals surface area contributed by atoms with Gasteiger partial charge in [0.05, 0.1) is 5.56 Å². The van der Waals surface area contributed by atoms with Gasteiger partial charge in [0.25, 0.3) is 0 Å². The number of carboxylic acids is 1. The topological polar surface area (TPSA) is 49.3 Å². The molecule has 0 aliphatic carbocycles. The van der Waals surface area contributed by atoms with Crippen molar-refractivity contribution in [3.63, 3.8) is 0 Å². The Balaban J connectivity index is 3.13. The van der Waals surface area contributed by atoms with Crippen molar-refractivity contribution in [2.24, 2.45) is 5.92 Å². The smallest absolute Gasteiger partial charge is 0.416 e. The minimum absolute atomic E-state index is 0.104. The molecule has 0 bridgehead atoms. The maximum Gasteiger partial charge on any atom is 0.416 e. The molecule has 0 fully saturated rings. The van der Waals surface area contributed by atoms with Crippen LogP contribution < -0.4 is 5.32 Å². The average Bonchev–Trinajstić information content (AvgIpc) is 2.26. The zero-order valence-corrected chi connectivity index (χ0v) is 11.0. The quantitative estimate of drug-likeness (QED) is 0.820. The number of rotatable bonds is 5. The molecule has 2 N–H and O–H groups in total. The molecule has 7 heteroatoms. The van der Waals surface area contributed by atoms with Crippen molar-refractivity contribution in [1.82, 2.24) is 5.32 Å². The lowest BCUT2D eigenvalue weighted by molar-refractivity contribution is -0.141. The van der Waals surface area contributed by atoms with Gasteiger partial charge in [-0.05, 0) is 36.2 Å². The molecule has 0 radical (unpaired) electrons. The van der Waals surface area contributed by atoms with Crippen LogP contribution in [0.2, 0.25) is 0 Å². The van der Waals surface area contributed by atoms with E-state index < -0.39 is 29.6 Å². The molecule has 20 heavy (non-hydrogen) atoms. The van der Waals surface area contributed by atoms with Gasteiger partial charge in [0.2, 0.25) is 0 Å². The molecule has 0 aromatic heterocycles. The Morgan fingerprint density at radius 3 is 2.35 bits per heavy atom. The summed E-state index contributed by atoms with van der Waals surface area (Å²) < 4.78 is 51.0. The Kier molecular flexibility index (Phi) is 5.10. The summed E-state index contributed by atoms with van der Waals surface area (Å²) in [6, 6.07) is 0.399. The van der Waals surface area contributed by atoms with Gasteiger partial charge in [-0.1, -0.05) is 13.8 Å². The van der Waals surface area contributed by atoms with Gasteiger partial charge >= 0.3 is 12.1 Å². The number of carboxylic acid groups (broad SMARTS) is 1. The molecule has 0 amide bonds. The minimum Gasteiger partial charge on any atom is -0.480 e. The zero-order valence-electron chi connectivity index (χ0n) is 11.0. The SMILES string of the molecule is CC(C)CNC(C(=O)O)c1cc(F)cc(C(F)(F)F)c1. The predicted octanol–water partition coefficient (Wildman–Crippen LogP) is 3.22. The van der Waals surface area contributed by atoms with Crippen LogP contribution in [0.4, 0.5) is 17.6 Å². The lowest BCUT2D eigenvalue weighted by Crippen LogP contribution is -2.31. The van der Waals surface area contributed by atoms with Crippen molar-refractivity contribution < 1.29 is 27.5 Å². The largest absolute Gasteiger partial charge is 0.480 e. The summed E-state index contributed by atoms with van der Waals surface area (Å²) in [6.07, 6.45) is -4.72. The van der Waals surface area contributed by atoms with E-state index in [1.165, 1.54) is 0 Å². The summed E-state index contributed by atoms with van der Waals surface area (Å²) in [6.45, 7) is 3.92. The van der Waals surface area contributed by atoms with E-state index in [-0.39, 0.29) is 18.0 Å². The van der Waals surface area contributed by atoms with Crippen LogP contribution >= 0.6 is 0 Å². The maximum absolute atomic E-state index is 13.3. The second kappa shape index (κ2) is 6.21. The standard InChI is InChI=1S/C13H15F4NO2/c1-7(2)6-18-11(12(19)20)8-3-9(13(15,16)17)5-10(14)4-8/h3-5,7,11,18H,6H2,1-2H3,(H,19,20). The van der Waals surface area contributed by atoms with Gasteiger partial charge in [-0.2, -0.15) is 13.2 Å². The summed E-state index contributed by atoms with van der Waals surface area (Å²) in [7, 11) is 0. The molecule has 0 saturated carbocycles. The lowest BCUT2D eigenvalue weighted by atomic mass is 10.0. The van der Waals surface area contributed by atoms with E-state index in [2.05, 4.69) is 5.32 Å². The van der Waals surface area contributed by atoms with Gasteiger partial charge in [-0.25, -0.2) is 4.39 Å². The Bertz CT molecular complexity index is 486. The third-order valence-corrected chi connectivity index (χ3v) is 2.56. The van der Waals surface area contributed by atoms with Crippen LogP contribution in [-0.2, 0) is 11.0 Å². The first-order chi connectivity index (χ1) is 9.11. The highest BCUT2D eigenvalue weighted by molar-refractivity contribution is 5.75. The molecule has 0 saturated heterocycles. The fourth-order valence-corrected chi connectivity index (χ4v) is 1.64. The van der Waals surface area contributed by atoms with Crippen molar-refractivity contribution in [3.05, 3.63) is 35.1 Å². The lowest BCUT2D eigenvalue weighted by Gasteiger charge is -2.18. The fraction of sp³-hybridized carbons (Fsp3) is 0.462. The number of benzene rings is 1. The van der Waals surface area contributed by atoms with Crippen molar-refractivity contribution in [3.8, 4) is 0 Å². The molecule has 1 unspecified atom stereocenters. The number of alkyl halides is 3. The molecule has 1 atom stereocenters. The van der Waals surface area contributed by atoms with E-state index in [1.54, 1.807) is 0 Å². The van der Waals surface area contributed by atoms with Crippen LogP contribution in [0, 0.1) is 11.7 Å². The van der Waals surface area contributed by atoms with E-state index in [9.17, 15) is 22.4 Å². The molecule has 1 rings (SSSR count). The third kappa shape index (κ3) is 4.48. The number of hydrogen-bond donors (Lipinski definition) is 2. The number of nitrogens with one attached hydrogen (secondary N) is 1. The molecule has 112 valence electrons. The van der Waals surface area contributed by atoms with Gasteiger partial charge in [0.15, 0.2) is 0 Å². The number of hydrogen-bond acceptors (Lipinski definition) is 2. The second-order valence-electron chi connectivity index (χ2n) is 4.84. The van der Waals surface area contributed by atoms with Crippen LogP contribution in [0.25, 0.3) is 0 Å². The number of halogens is 4. The summed E-state index contributed by atoms with van der Waals surface area (Å²) in [5, 5.41) is 11.7. The fourth-order valence-electron chi connectivity index (χ4n) is 1.64. The van der Waals surface area contributed by atoms with Crippen LogP contribution in [0.3, 0.4) is 0 Å². The molecule has 1 aromatic rings. The van der Waals surface area contributed by atoms with Crippen LogP contribution in [0.15, 0.2) is 18.2 Å². The number of aliphatic carboxylic acids is 1. The first-order valence-electron chi connectivity index (χ1n) is 5.95. The molecule has 0 aliphatic heterocycles. The van der Waals surface area contributed by atoms with E-state index in [1.807, 2.05) is 13.8 Å². The van der Waals surface area contributed by atoms with Gasteiger partial charge in [0, 0.05) is 0 Å². The molecule has 3 nitrogen and oxygen atoms in total. The van der Waals surface area contributed by atoms with Gasteiger partial charge in [-0.15, -0.1) is 0 Å². The van der Waals surface area contributed by atoms with E-state index >= 15 is 0 Å². The van der Waals surface area contributed by atoms with E-state index in [0.717, 1.165) is 6.07 Å². The summed E-state index contributed by atoms with van der Waals surface area (Å²) in [4.78, 5) is 11.1. The average molecular weight is 293 g/mol. The monoisotopic (exact) mass is 293 g/mol. The molecular formula is C13H15F4NO2. The molecule has 0 spiro atoms. The van der Waals surface area contributed by atoms with Crippen molar-refractivity contribution in [2.75, 3.05) is 6.54 Å². The predicted molar refractivity (Wildman–Crippen MR) is 64.6 cm³/mol. The van der Waals surface area contributed by atoms with Crippen LogP contribution in [0.1, 0.15) is 31.0 Å². The highest BCUT2D eigenvalue weighted by Crippen LogP contribution is 2.31. The van der Waals surface area contributed by atoms with Gasteiger partial charge in [0.1, 0.15) is 11.9 Å². The van der Waals surface area contributed by atoms with E-state index in [0.29, 0.717) is 12.1 Å². The Hall–Kier alpha value is -1.63. The first kappa shape index (κ1) is 16.4. The van der Waals surface area contributed by atoms with Crippen LogP contribution in [0.5, 0.6) is 0 Å². The summed E-state index contributed by atoms with van der Waals surface area (Å²) in [5.41, 5.74) is -1.46. The summed E-state index contributed by atoms with van der Waals surface area (Å²) >= 11 is 0. The normalized spacial score (nSPS) is 13.6. The van der Waals surface area contributed by atoms with Crippen molar-refractivity contribution >= 4 is 5.97 Å². The Labute approximate surface area is 113 Å². The number of carbonyl (C=O) groups is 1. The first-order valence-corrected chi connectivity index (χ1v) is 5.95. The zero-order chi connectivity index (χ0) is 15.5. The summed E-state index contributed by atoms with van der Waals surface area (Å²) in [5.74, 6) is -2.37. The third-order valence-electron chi connectivity index (χ3n) is 2.56. The van der Waals surface area contributed by atoms with Crippen LogP contribution in [-0.4, -0.2) is 17.6 Å². The van der Waals surface area contributed by atoms with Gasteiger partial charge < -0.3 is 10.4 Å². The van der Waals surface area contributed by atoms with E-state index in [4.69, 9.17) is 5.11 Å². The van der Waals surface area contributed by atoms with Crippen molar-refractivity contribution in [2.45, 2.75) is 26.1 Å². The second-order valence-corrected chi connectivity index (χ2v) is 4.84. The Morgan fingerprint density at radius 2 is 1.90 bits per heavy atom.